The van der Waals surface area contributed by atoms with Crippen LogP contribution in [0.5, 0.6) is 0 Å². The molecule has 36 heavy (non-hydrogen) atoms. The van der Waals surface area contributed by atoms with Crippen LogP contribution in [0, 0.1) is 5.82 Å². The quantitative estimate of drug-likeness (QED) is 0.532. The van der Waals surface area contributed by atoms with E-state index in [9.17, 15) is 9.18 Å². The standard InChI is InChI=1S/C24H30FN9O2/c1-24(2)11-16(10-17-7-4-8-32(17)24)27-21-20(25)12-26-22(29-21)28-15-5-3-6-18(9-15)33-23(35)34(31-30-33)19-13-36-14-19/h3,5-6,9,12,16-17,19H,4,7-8,10-11,13-14H2,1-2H3,(H2,26,27,28,29)/t16-,17+/m1/s1. The molecular weight excluding hydrogens is 465 g/mol. The van der Waals surface area contributed by atoms with E-state index in [-0.39, 0.29) is 35.1 Å². The van der Waals surface area contributed by atoms with Crippen molar-refractivity contribution in [2.45, 2.75) is 63.2 Å². The summed E-state index contributed by atoms with van der Waals surface area (Å²) in [6.45, 7) is 6.57. The molecule has 2 N–H and O–H groups in total. The van der Waals surface area contributed by atoms with Crippen LogP contribution < -0.4 is 16.3 Å². The molecule has 3 fully saturated rings. The zero-order valence-electron chi connectivity index (χ0n) is 20.4. The minimum Gasteiger partial charge on any atom is -0.377 e. The summed E-state index contributed by atoms with van der Waals surface area (Å²) in [5.41, 5.74) is 0.913. The molecule has 3 aromatic rings. The van der Waals surface area contributed by atoms with E-state index in [0.29, 0.717) is 30.6 Å². The summed E-state index contributed by atoms with van der Waals surface area (Å²) < 4.78 is 22.4. The van der Waals surface area contributed by atoms with Gasteiger partial charge in [-0.05, 0) is 74.7 Å². The first-order chi connectivity index (χ1) is 17.4. The Morgan fingerprint density at radius 1 is 1.19 bits per heavy atom. The second kappa shape index (κ2) is 8.93. The number of halogens is 1. The predicted octanol–water partition coefficient (Wildman–Crippen LogP) is 2.49. The molecule has 0 amide bonds. The van der Waals surface area contributed by atoms with Gasteiger partial charge >= 0.3 is 5.69 Å². The van der Waals surface area contributed by atoms with Crippen molar-refractivity contribution in [3.8, 4) is 5.69 Å². The summed E-state index contributed by atoms with van der Waals surface area (Å²) in [5.74, 6) is -0.0295. The number of rotatable bonds is 6. The fourth-order valence-electron chi connectivity index (χ4n) is 5.70. The minimum atomic E-state index is -0.482. The van der Waals surface area contributed by atoms with Crippen LogP contribution in [0.15, 0.2) is 35.3 Å². The van der Waals surface area contributed by atoms with E-state index in [1.807, 2.05) is 6.07 Å². The van der Waals surface area contributed by atoms with Crippen molar-refractivity contribution in [3.05, 3.63) is 46.8 Å². The summed E-state index contributed by atoms with van der Waals surface area (Å²) in [5, 5.41) is 14.4. The molecule has 0 spiro atoms. The average Bonchev–Trinajstić information content (AvgIpc) is 3.43. The molecule has 190 valence electrons. The van der Waals surface area contributed by atoms with Crippen molar-refractivity contribution in [1.29, 1.82) is 0 Å². The zero-order chi connectivity index (χ0) is 24.9. The molecule has 0 saturated carbocycles. The number of hydrogen-bond acceptors (Lipinski definition) is 9. The number of nitrogens with one attached hydrogen (secondary N) is 2. The minimum absolute atomic E-state index is 0.0632. The summed E-state index contributed by atoms with van der Waals surface area (Å²) >= 11 is 0. The molecule has 0 radical (unpaired) electrons. The third kappa shape index (κ3) is 4.24. The Bertz CT molecular complexity index is 1320. The van der Waals surface area contributed by atoms with Crippen molar-refractivity contribution in [1.82, 2.24) is 34.7 Å². The molecule has 5 heterocycles. The number of anilines is 3. The van der Waals surface area contributed by atoms with E-state index in [4.69, 9.17) is 4.74 Å². The van der Waals surface area contributed by atoms with E-state index < -0.39 is 5.82 Å². The van der Waals surface area contributed by atoms with Gasteiger partial charge in [0.15, 0.2) is 11.6 Å². The maximum Gasteiger partial charge on any atom is 0.368 e. The number of ether oxygens (including phenoxy) is 1. The van der Waals surface area contributed by atoms with E-state index in [1.54, 1.807) is 18.2 Å². The van der Waals surface area contributed by atoms with Crippen LogP contribution in [0.2, 0.25) is 0 Å². The Kier molecular flexibility index (Phi) is 5.72. The molecule has 0 bridgehead atoms. The van der Waals surface area contributed by atoms with Gasteiger partial charge in [0.25, 0.3) is 0 Å². The molecule has 3 aliphatic heterocycles. The van der Waals surface area contributed by atoms with Crippen LogP contribution in [-0.2, 0) is 4.74 Å². The van der Waals surface area contributed by atoms with Gasteiger partial charge in [0, 0.05) is 23.3 Å². The molecule has 12 heteroatoms. The highest BCUT2D eigenvalue weighted by Crippen LogP contribution is 2.38. The zero-order valence-corrected chi connectivity index (χ0v) is 20.4. The molecule has 11 nitrogen and oxygen atoms in total. The van der Waals surface area contributed by atoms with Crippen LogP contribution >= 0.6 is 0 Å². The lowest BCUT2D eigenvalue weighted by atomic mass is 9.84. The number of aromatic nitrogens is 6. The SMILES string of the molecule is CC1(C)C[C@H](Nc2nc(Nc3cccc(-n4nnn(C5COC5)c4=O)c3)ncc2F)C[C@@H]2CCCN21. The van der Waals surface area contributed by atoms with E-state index in [2.05, 4.69) is 49.8 Å². The van der Waals surface area contributed by atoms with Gasteiger partial charge in [-0.2, -0.15) is 14.3 Å². The highest BCUT2D eigenvalue weighted by molar-refractivity contribution is 5.58. The summed E-state index contributed by atoms with van der Waals surface area (Å²) in [6.07, 6.45) is 5.46. The van der Waals surface area contributed by atoms with Crippen molar-refractivity contribution in [2.75, 3.05) is 30.4 Å². The topological polar surface area (TPSA) is 115 Å². The average molecular weight is 496 g/mol. The number of fused-ring (bicyclic) bond motifs is 1. The molecular formula is C24H30FN9O2. The Hall–Kier alpha value is -3.38. The molecule has 2 atom stereocenters. The number of nitrogens with zero attached hydrogens (tertiary/aromatic N) is 7. The van der Waals surface area contributed by atoms with Gasteiger partial charge in [0.1, 0.15) is 6.04 Å². The summed E-state index contributed by atoms with van der Waals surface area (Å²) in [7, 11) is 0. The van der Waals surface area contributed by atoms with Crippen molar-refractivity contribution in [3.63, 3.8) is 0 Å². The maximum atomic E-state index is 14.7. The van der Waals surface area contributed by atoms with E-state index in [1.165, 1.54) is 28.4 Å². The van der Waals surface area contributed by atoms with Crippen molar-refractivity contribution >= 4 is 17.5 Å². The van der Waals surface area contributed by atoms with Crippen LogP contribution in [0.1, 0.15) is 45.6 Å². The molecule has 3 aliphatic rings. The Labute approximate surface area is 207 Å². The van der Waals surface area contributed by atoms with Crippen LogP contribution in [0.25, 0.3) is 5.69 Å². The maximum absolute atomic E-state index is 14.7. The van der Waals surface area contributed by atoms with E-state index in [0.717, 1.165) is 19.4 Å². The van der Waals surface area contributed by atoms with Crippen LogP contribution in [0.4, 0.5) is 21.8 Å². The highest BCUT2D eigenvalue weighted by atomic mass is 19.1. The van der Waals surface area contributed by atoms with Gasteiger partial charge in [-0.1, -0.05) is 6.07 Å². The monoisotopic (exact) mass is 495 g/mol. The van der Waals surface area contributed by atoms with Crippen molar-refractivity contribution in [2.24, 2.45) is 0 Å². The molecule has 0 unspecified atom stereocenters. The fourth-order valence-corrected chi connectivity index (χ4v) is 5.70. The van der Waals surface area contributed by atoms with Crippen LogP contribution in [-0.4, -0.2) is 72.0 Å². The normalized spacial score (nSPS) is 23.8. The molecule has 2 aromatic heterocycles. The largest absolute Gasteiger partial charge is 0.377 e. The lowest BCUT2D eigenvalue weighted by Crippen LogP contribution is -2.55. The number of benzene rings is 1. The molecule has 0 aliphatic carbocycles. The fraction of sp³-hybridized carbons (Fsp3) is 0.542. The Morgan fingerprint density at radius 3 is 2.86 bits per heavy atom. The highest BCUT2D eigenvalue weighted by Gasteiger charge is 2.43. The van der Waals surface area contributed by atoms with Gasteiger partial charge in [0.2, 0.25) is 5.95 Å². The Morgan fingerprint density at radius 2 is 2.06 bits per heavy atom. The van der Waals surface area contributed by atoms with E-state index >= 15 is 0 Å². The lowest BCUT2D eigenvalue weighted by molar-refractivity contribution is -0.0309. The van der Waals surface area contributed by atoms with Gasteiger partial charge in [-0.25, -0.2) is 14.2 Å². The molecule has 6 rings (SSSR count). The van der Waals surface area contributed by atoms with Gasteiger partial charge < -0.3 is 15.4 Å². The number of piperidine rings is 1. The van der Waals surface area contributed by atoms with Gasteiger partial charge in [0.05, 0.1) is 25.1 Å². The number of tetrazole rings is 1. The predicted molar refractivity (Wildman–Crippen MR) is 131 cm³/mol. The first-order valence-corrected chi connectivity index (χ1v) is 12.4. The van der Waals surface area contributed by atoms with Crippen LogP contribution in [0.3, 0.4) is 0 Å². The van der Waals surface area contributed by atoms with Gasteiger partial charge in [-0.15, -0.1) is 0 Å². The third-order valence-electron chi connectivity index (χ3n) is 7.46. The summed E-state index contributed by atoms with van der Waals surface area (Å²) in [6, 6.07) is 7.68. The summed E-state index contributed by atoms with van der Waals surface area (Å²) in [4.78, 5) is 23.8. The smallest absolute Gasteiger partial charge is 0.368 e. The van der Waals surface area contributed by atoms with Gasteiger partial charge in [-0.3, -0.25) is 4.90 Å². The molecule has 1 aromatic carbocycles. The first kappa shape index (κ1) is 23.0. The second-order valence-electron chi connectivity index (χ2n) is 10.5. The lowest BCUT2D eigenvalue weighted by Gasteiger charge is -2.47. The number of hydrogen-bond donors (Lipinski definition) is 2. The Balaban J connectivity index is 1.19. The first-order valence-electron chi connectivity index (χ1n) is 12.4. The van der Waals surface area contributed by atoms with Crippen molar-refractivity contribution < 1.29 is 9.13 Å². The third-order valence-corrected chi connectivity index (χ3v) is 7.46. The second-order valence-corrected chi connectivity index (χ2v) is 10.5. The molecule has 3 saturated heterocycles.